The summed E-state index contributed by atoms with van der Waals surface area (Å²) in [5.74, 6) is -0.451. The first-order chi connectivity index (χ1) is 11.5. The molecular formula is C16H12N4O4. The summed E-state index contributed by atoms with van der Waals surface area (Å²) in [5, 5.41) is 29.0. The number of fused-ring (bicyclic) bond motifs is 1. The molecule has 1 aromatic heterocycles. The van der Waals surface area contributed by atoms with Gasteiger partial charge < -0.3 is 10.1 Å². The summed E-state index contributed by atoms with van der Waals surface area (Å²) < 4.78 is 0. The van der Waals surface area contributed by atoms with Crippen LogP contribution in [0.5, 0.6) is 5.75 Å². The van der Waals surface area contributed by atoms with Gasteiger partial charge in [0.1, 0.15) is 0 Å². The third kappa shape index (κ3) is 2.84. The summed E-state index contributed by atoms with van der Waals surface area (Å²) in [7, 11) is 0. The average molecular weight is 324 g/mol. The molecule has 0 radical (unpaired) electrons. The highest BCUT2D eigenvalue weighted by atomic mass is 16.6. The number of aromatic hydroxyl groups is 1. The highest BCUT2D eigenvalue weighted by Crippen LogP contribution is 2.33. The van der Waals surface area contributed by atoms with Crippen molar-refractivity contribution < 1.29 is 10.0 Å². The third-order valence-electron chi connectivity index (χ3n) is 3.46. The van der Waals surface area contributed by atoms with E-state index in [1.807, 2.05) is 19.1 Å². The van der Waals surface area contributed by atoms with Crippen LogP contribution in [0.1, 0.15) is 5.56 Å². The number of benzene rings is 2. The second-order valence-electron chi connectivity index (χ2n) is 5.17. The zero-order valence-corrected chi connectivity index (χ0v) is 12.6. The fourth-order valence-electron chi connectivity index (χ4n) is 2.18. The maximum atomic E-state index is 12.0. The monoisotopic (exact) mass is 324 g/mol. The standard InChI is InChI=1S/C16H12N4O4/c1-9-2-4-10(5-3-9)18-19-14-15(21)12-8-11(20(23)24)6-7-13(12)17-16(14)22/h2-8H,1H3,(H2,17,21,22). The Morgan fingerprint density at radius 3 is 2.50 bits per heavy atom. The Kier molecular flexibility index (Phi) is 3.78. The molecule has 0 atom stereocenters. The van der Waals surface area contributed by atoms with E-state index in [2.05, 4.69) is 15.2 Å². The van der Waals surface area contributed by atoms with Crippen molar-refractivity contribution in [2.75, 3.05) is 0 Å². The molecule has 2 aromatic carbocycles. The first-order valence-electron chi connectivity index (χ1n) is 6.97. The average Bonchev–Trinajstić information content (AvgIpc) is 2.56. The first-order valence-corrected chi connectivity index (χ1v) is 6.97. The van der Waals surface area contributed by atoms with Crippen LogP contribution in [0.4, 0.5) is 17.1 Å². The van der Waals surface area contributed by atoms with Gasteiger partial charge in [-0.05, 0) is 25.1 Å². The molecule has 0 aliphatic heterocycles. The lowest BCUT2D eigenvalue weighted by Crippen LogP contribution is -2.05. The van der Waals surface area contributed by atoms with Gasteiger partial charge in [0.05, 0.1) is 16.1 Å². The number of hydrogen-bond acceptors (Lipinski definition) is 6. The Morgan fingerprint density at radius 1 is 1.12 bits per heavy atom. The van der Waals surface area contributed by atoms with Gasteiger partial charge in [0.25, 0.3) is 11.2 Å². The first kappa shape index (κ1) is 15.3. The minimum atomic E-state index is -0.635. The molecule has 0 saturated carbocycles. The predicted octanol–water partition coefficient (Wildman–Crippen LogP) is 3.87. The number of pyridine rings is 1. The van der Waals surface area contributed by atoms with Crippen LogP contribution < -0.4 is 5.56 Å². The van der Waals surface area contributed by atoms with Gasteiger partial charge in [-0.15, -0.1) is 5.11 Å². The summed E-state index contributed by atoms with van der Waals surface area (Å²) >= 11 is 0. The number of aryl methyl sites for hydroxylation is 1. The molecule has 8 nitrogen and oxygen atoms in total. The Morgan fingerprint density at radius 2 is 1.83 bits per heavy atom. The van der Waals surface area contributed by atoms with E-state index < -0.39 is 16.2 Å². The van der Waals surface area contributed by atoms with E-state index in [-0.39, 0.29) is 22.3 Å². The quantitative estimate of drug-likeness (QED) is 0.431. The van der Waals surface area contributed by atoms with Crippen molar-refractivity contribution in [1.82, 2.24) is 4.98 Å². The van der Waals surface area contributed by atoms with E-state index in [0.29, 0.717) is 5.69 Å². The van der Waals surface area contributed by atoms with Gasteiger partial charge in [-0.2, -0.15) is 5.11 Å². The number of aromatic nitrogens is 1. The minimum absolute atomic E-state index is 0.127. The number of nitrogens with one attached hydrogen (secondary N) is 1. The topological polar surface area (TPSA) is 121 Å². The smallest absolute Gasteiger partial charge is 0.280 e. The molecule has 0 saturated heterocycles. The van der Waals surface area contributed by atoms with Crippen LogP contribution >= 0.6 is 0 Å². The van der Waals surface area contributed by atoms with Gasteiger partial charge in [-0.1, -0.05) is 17.7 Å². The molecule has 3 rings (SSSR count). The van der Waals surface area contributed by atoms with E-state index >= 15 is 0 Å². The summed E-state index contributed by atoms with van der Waals surface area (Å²) in [6.07, 6.45) is 0. The zero-order valence-electron chi connectivity index (χ0n) is 12.6. The van der Waals surface area contributed by atoms with Gasteiger partial charge in [0.2, 0.25) is 0 Å². The van der Waals surface area contributed by atoms with Gasteiger partial charge in [0.15, 0.2) is 11.4 Å². The minimum Gasteiger partial charge on any atom is -0.505 e. The molecule has 3 aromatic rings. The number of azo groups is 1. The summed E-state index contributed by atoms with van der Waals surface area (Å²) in [5.41, 5.74) is 0.697. The SMILES string of the molecule is Cc1ccc(N=Nc2c(O)c3cc([N+](=O)[O-])ccc3[nH]c2=O)cc1. The van der Waals surface area contributed by atoms with Crippen LogP contribution in [0.2, 0.25) is 0 Å². The van der Waals surface area contributed by atoms with Gasteiger partial charge >= 0.3 is 0 Å². The van der Waals surface area contributed by atoms with E-state index in [9.17, 15) is 20.0 Å². The van der Waals surface area contributed by atoms with Crippen LogP contribution in [-0.2, 0) is 0 Å². The molecular weight excluding hydrogens is 312 g/mol. The second-order valence-corrected chi connectivity index (χ2v) is 5.17. The van der Waals surface area contributed by atoms with Crippen molar-refractivity contribution in [3.63, 3.8) is 0 Å². The Labute approximate surface area is 135 Å². The molecule has 0 spiro atoms. The third-order valence-corrected chi connectivity index (χ3v) is 3.46. The fraction of sp³-hybridized carbons (Fsp3) is 0.0625. The zero-order chi connectivity index (χ0) is 17.3. The molecule has 0 aliphatic rings. The number of nitro benzene ring substituents is 1. The Bertz CT molecular complexity index is 1020. The van der Waals surface area contributed by atoms with E-state index in [1.54, 1.807) is 12.1 Å². The summed E-state index contributed by atoms with van der Waals surface area (Å²) in [6, 6.07) is 10.9. The lowest BCUT2D eigenvalue weighted by atomic mass is 10.1. The maximum Gasteiger partial charge on any atom is 0.280 e. The van der Waals surface area contributed by atoms with E-state index in [4.69, 9.17) is 0 Å². The number of hydrogen-bond donors (Lipinski definition) is 2. The summed E-state index contributed by atoms with van der Waals surface area (Å²) in [6.45, 7) is 1.92. The molecule has 0 amide bonds. The van der Waals surface area contributed by atoms with Crippen molar-refractivity contribution in [2.45, 2.75) is 6.92 Å². The molecule has 0 unspecified atom stereocenters. The van der Waals surface area contributed by atoms with Crippen molar-refractivity contribution in [1.29, 1.82) is 0 Å². The molecule has 24 heavy (non-hydrogen) atoms. The van der Waals surface area contributed by atoms with Crippen molar-refractivity contribution in [3.8, 4) is 5.75 Å². The van der Waals surface area contributed by atoms with Crippen molar-refractivity contribution in [3.05, 3.63) is 68.5 Å². The van der Waals surface area contributed by atoms with Gasteiger partial charge in [-0.3, -0.25) is 14.9 Å². The van der Waals surface area contributed by atoms with Gasteiger partial charge in [-0.25, -0.2) is 0 Å². The van der Waals surface area contributed by atoms with Crippen LogP contribution in [-0.4, -0.2) is 15.0 Å². The number of nitro groups is 1. The van der Waals surface area contributed by atoms with Crippen LogP contribution in [0, 0.1) is 17.0 Å². The van der Waals surface area contributed by atoms with Gasteiger partial charge in [0, 0.05) is 17.5 Å². The molecule has 120 valence electrons. The van der Waals surface area contributed by atoms with Crippen molar-refractivity contribution >= 4 is 28.0 Å². The number of nitrogens with zero attached hydrogens (tertiary/aromatic N) is 3. The highest BCUT2D eigenvalue weighted by molar-refractivity contribution is 5.90. The predicted molar refractivity (Wildman–Crippen MR) is 88.2 cm³/mol. The largest absolute Gasteiger partial charge is 0.505 e. The summed E-state index contributed by atoms with van der Waals surface area (Å²) in [4.78, 5) is 24.8. The Hall–Kier alpha value is -3.55. The lowest BCUT2D eigenvalue weighted by molar-refractivity contribution is -0.384. The fourth-order valence-corrected chi connectivity index (χ4v) is 2.18. The van der Waals surface area contributed by atoms with Crippen LogP contribution in [0.25, 0.3) is 10.9 Å². The number of non-ortho nitro benzene ring substituents is 1. The normalized spacial score (nSPS) is 11.2. The second kappa shape index (κ2) is 5.92. The lowest BCUT2D eigenvalue weighted by Gasteiger charge is -2.03. The highest BCUT2D eigenvalue weighted by Gasteiger charge is 2.15. The van der Waals surface area contributed by atoms with E-state index in [1.165, 1.54) is 18.2 Å². The van der Waals surface area contributed by atoms with Crippen LogP contribution in [0.3, 0.4) is 0 Å². The Balaban J connectivity index is 2.11. The number of aromatic amines is 1. The molecule has 1 heterocycles. The molecule has 0 aliphatic carbocycles. The van der Waals surface area contributed by atoms with Crippen LogP contribution in [0.15, 0.2) is 57.5 Å². The maximum absolute atomic E-state index is 12.0. The molecule has 0 bridgehead atoms. The molecule has 2 N–H and O–H groups in total. The van der Waals surface area contributed by atoms with Crippen molar-refractivity contribution in [2.24, 2.45) is 10.2 Å². The molecule has 8 heteroatoms. The van der Waals surface area contributed by atoms with E-state index in [0.717, 1.165) is 5.56 Å². The number of rotatable bonds is 3. The molecule has 0 fully saturated rings. The number of H-pyrrole nitrogens is 1.